The van der Waals surface area contributed by atoms with E-state index in [1.54, 1.807) is 24.0 Å². The quantitative estimate of drug-likeness (QED) is 0.666. The molecule has 0 radical (unpaired) electrons. The topological polar surface area (TPSA) is 122 Å². The summed E-state index contributed by atoms with van der Waals surface area (Å²) in [4.78, 5) is 49.5. The van der Waals surface area contributed by atoms with E-state index in [9.17, 15) is 19.2 Å². The van der Waals surface area contributed by atoms with E-state index < -0.39 is 17.7 Å². The van der Waals surface area contributed by atoms with Crippen molar-refractivity contribution in [2.45, 2.75) is 38.8 Å². The molecule has 144 valence electrons. The van der Waals surface area contributed by atoms with Gasteiger partial charge in [0.25, 0.3) is 17.6 Å². The number of nitrogens with two attached hydrogens (primary N) is 1. The molecule has 0 aromatic heterocycles. The van der Waals surface area contributed by atoms with Gasteiger partial charge >= 0.3 is 0 Å². The van der Waals surface area contributed by atoms with Gasteiger partial charge in [-0.1, -0.05) is 0 Å². The van der Waals surface area contributed by atoms with E-state index in [0.29, 0.717) is 24.3 Å². The molecule has 0 aliphatic carbocycles. The fourth-order valence-electron chi connectivity index (χ4n) is 3.60. The molecule has 27 heavy (non-hydrogen) atoms. The second kappa shape index (κ2) is 7.48. The summed E-state index contributed by atoms with van der Waals surface area (Å²) < 4.78 is 0. The van der Waals surface area contributed by atoms with Crippen LogP contribution in [0.15, 0.2) is 18.2 Å². The standard InChI is InChI=1S/C19H24N4O4/c1-10(20)19(27)23-7-5-12(6-8-23)11(2)21-17(25)13-3-4-15-14(9-13)16(24)18(26)22-15/h3-4,9-12H,5-8,20H2,1-2H3,(H,21,25)(H,22,24,26)/t10-,11?/m0/s1. The molecule has 8 nitrogen and oxygen atoms in total. The van der Waals surface area contributed by atoms with Crippen LogP contribution in [0.4, 0.5) is 5.69 Å². The number of carbonyl (C=O) groups excluding carboxylic acids is 4. The summed E-state index contributed by atoms with van der Waals surface area (Å²) in [6, 6.07) is 4.03. The van der Waals surface area contributed by atoms with Gasteiger partial charge in [0.2, 0.25) is 5.91 Å². The Bertz CT molecular complexity index is 797. The van der Waals surface area contributed by atoms with Gasteiger partial charge in [-0.2, -0.15) is 0 Å². The SMILES string of the molecule is CC(NC(=O)c1ccc2c(c1)C(=O)C(=O)N2)C1CCN(C(=O)[C@H](C)N)CC1. The summed E-state index contributed by atoms with van der Waals surface area (Å²) in [6.07, 6.45) is 1.59. The van der Waals surface area contributed by atoms with Gasteiger partial charge in [0, 0.05) is 24.7 Å². The van der Waals surface area contributed by atoms with Gasteiger partial charge in [-0.05, 0) is 50.8 Å². The Morgan fingerprint density at radius 3 is 2.52 bits per heavy atom. The number of hydrogen-bond acceptors (Lipinski definition) is 5. The van der Waals surface area contributed by atoms with Crippen molar-refractivity contribution in [1.82, 2.24) is 10.2 Å². The third-order valence-electron chi connectivity index (χ3n) is 5.29. The van der Waals surface area contributed by atoms with Crippen LogP contribution in [0.25, 0.3) is 0 Å². The number of ketones is 1. The van der Waals surface area contributed by atoms with Crippen LogP contribution in [0.5, 0.6) is 0 Å². The van der Waals surface area contributed by atoms with Crippen molar-refractivity contribution < 1.29 is 19.2 Å². The Labute approximate surface area is 157 Å². The maximum atomic E-state index is 12.5. The minimum atomic E-state index is -0.677. The zero-order valence-electron chi connectivity index (χ0n) is 15.5. The predicted octanol–water partition coefficient (Wildman–Crippen LogP) is 0.526. The van der Waals surface area contributed by atoms with Crippen molar-refractivity contribution in [2.24, 2.45) is 11.7 Å². The number of anilines is 1. The molecule has 1 aromatic carbocycles. The molecule has 0 spiro atoms. The molecule has 2 aliphatic rings. The van der Waals surface area contributed by atoms with Gasteiger partial charge in [-0.3, -0.25) is 19.2 Å². The van der Waals surface area contributed by atoms with Crippen molar-refractivity contribution in [3.8, 4) is 0 Å². The number of likely N-dealkylation sites (tertiary alicyclic amines) is 1. The highest BCUT2D eigenvalue weighted by Gasteiger charge is 2.30. The Balaban J connectivity index is 1.58. The summed E-state index contributed by atoms with van der Waals surface area (Å²) in [5.41, 5.74) is 6.65. The van der Waals surface area contributed by atoms with E-state index in [1.807, 2.05) is 6.92 Å². The molecule has 3 amide bonds. The number of nitrogens with zero attached hydrogens (tertiary/aromatic N) is 1. The van der Waals surface area contributed by atoms with Gasteiger partial charge in [-0.25, -0.2) is 0 Å². The third-order valence-corrected chi connectivity index (χ3v) is 5.29. The second-order valence-corrected chi connectivity index (χ2v) is 7.26. The summed E-state index contributed by atoms with van der Waals surface area (Å²) >= 11 is 0. The van der Waals surface area contributed by atoms with Gasteiger partial charge in [-0.15, -0.1) is 0 Å². The molecular weight excluding hydrogens is 348 g/mol. The lowest BCUT2D eigenvalue weighted by molar-refractivity contribution is -0.133. The van der Waals surface area contributed by atoms with Crippen molar-refractivity contribution in [1.29, 1.82) is 0 Å². The Morgan fingerprint density at radius 2 is 1.89 bits per heavy atom. The molecule has 0 bridgehead atoms. The van der Waals surface area contributed by atoms with Crippen molar-refractivity contribution in [3.05, 3.63) is 29.3 Å². The minimum absolute atomic E-state index is 0.0453. The molecule has 8 heteroatoms. The maximum absolute atomic E-state index is 12.5. The molecule has 1 aromatic rings. The van der Waals surface area contributed by atoms with Crippen molar-refractivity contribution in [2.75, 3.05) is 18.4 Å². The van der Waals surface area contributed by atoms with Crippen molar-refractivity contribution in [3.63, 3.8) is 0 Å². The number of piperidine rings is 1. The number of benzene rings is 1. The number of fused-ring (bicyclic) bond motifs is 1. The van der Waals surface area contributed by atoms with E-state index in [1.165, 1.54) is 6.07 Å². The first-order valence-electron chi connectivity index (χ1n) is 9.13. The number of carbonyl (C=O) groups is 4. The fraction of sp³-hybridized carbons (Fsp3) is 0.474. The summed E-state index contributed by atoms with van der Waals surface area (Å²) in [5.74, 6) is -1.38. The Kier molecular flexibility index (Phi) is 5.27. The molecular formula is C19H24N4O4. The van der Waals surface area contributed by atoms with Crippen molar-refractivity contribution >= 4 is 29.2 Å². The lowest BCUT2D eigenvalue weighted by Gasteiger charge is -2.35. The lowest BCUT2D eigenvalue weighted by atomic mass is 9.90. The second-order valence-electron chi connectivity index (χ2n) is 7.26. The normalized spacial score (nSPS) is 19.3. The van der Waals surface area contributed by atoms with Crippen LogP contribution in [-0.2, 0) is 9.59 Å². The average Bonchev–Trinajstić information content (AvgIpc) is 2.94. The number of nitrogens with one attached hydrogen (secondary N) is 2. The van der Waals surface area contributed by atoms with Crippen LogP contribution < -0.4 is 16.4 Å². The van der Waals surface area contributed by atoms with E-state index >= 15 is 0 Å². The van der Waals surface area contributed by atoms with Crippen LogP contribution in [-0.4, -0.2) is 53.6 Å². The summed E-state index contributed by atoms with van der Waals surface area (Å²) in [6.45, 7) is 4.88. The molecule has 2 atom stereocenters. The largest absolute Gasteiger partial charge is 0.349 e. The molecule has 2 aliphatic heterocycles. The molecule has 2 heterocycles. The van der Waals surface area contributed by atoms with Crippen LogP contribution >= 0.6 is 0 Å². The van der Waals surface area contributed by atoms with Gasteiger partial charge in [0.1, 0.15) is 0 Å². The number of hydrogen-bond donors (Lipinski definition) is 3. The Morgan fingerprint density at radius 1 is 1.22 bits per heavy atom. The first-order valence-corrected chi connectivity index (χ1v) is 9.13. The predicted molar refractivity (Wildman–Crippen MR) is 99.3 cm³/mol. The van der Waals surface area contributed by atoms with E-state index in [2.05, 4.69) is 10.6 Å². The van der Waals surface area contributed by atoms with Gasteiger partial charge in [0.05, 0.1) is 17.3 Å². The maximum Gasteiger partial charge on any atom is 0.296 e. The average molecular weight is 372 g/mol. The molecule has 1 fully saturated rings. The smallest absolute Gasteiger partial charge is 0.296 e. The Hall–Kier alpha value is -2.74. The van der Waals surface area contributed by atoms with Crippen LogP contribution in [0.3, 0.4) is 0 Å². The van der Waals surface area contributed by atoms with Gasteiger partial charge < -0.3 is 21.3 Å². The highest BCUT2D eigenvalue weighted by atomic mass is 16.2. The number of rotatable bonds is 4. The zero-order valence-corrected chi connectivity index (χ0v) is 15.5. The lowest BCUT2D eigenvalue weighted by Crippen LogP contribution is -2.49. The molecule has 3 rings (SSSR count). The third kappa shape index (κ3) is 3.85. The molecule has 1 unspecified atom stereocenters. The number of Topliss-reactive ketones (excluding diaryl/α,β-unsaturated/α-hetero) is 1. The highest BCUT2D eigenvalue weighted by Crippen LogP contribution is 2.25. The monoisotopic (exact) mass is 372 g/mol. The van der Waals surface area contributed by atoms with Gasteiger partial charge in [0.15, 0.2) is 0 Å². The van der Waals surface area contributed by atoms with E-state index in [-0.39, 0.29) is 29.3 Å². The van der Waals surface area contributed by atoms with Crippen LogP contribution in [0.1, 0.15) is 47.4 Å². The minimum Gasteiger partial charge on any atom is -0.349 e. The zero-order chi connectivity index (χ0) is 19.7. The summed E-state index contributed by atoms with van der Waals surface area (Å²) in [5, 5.41) is 5.43. The van der Waals surface area contributed by atoms with E-state index in [0.717, 1.165) is 12.8 Å². The molecule has 0 saturated carbocycles. The van der Waals surface area contributed by atoms with E-state index in [4.69, 9.17) is 5.73 Å². The first-order chi connectivity index (χ1) is 12.8. The fourth-order valence-corrected chi connectivity index (χ4v) is 3.60. The first kappa shape index (κ1) is 19.0. The number of amides is 3. The summed E-state index contributed by atoms with van der Waals surface area (Å²) in [7, 11) is 0. The van der Waals surface area contributed by atoms with Crippen LogP contribution in [0.2, 0.25) is 0 Å². The molecule has 1 saturated heterocycles. The highest BCUT2D eigenvalue weighted by molar-refractivity contribution is 6.51. The van der Waals surface area contributed by atoms with Crippen LogP contribution in [0, 0.1) is 5.92 Å². The molecule has 4 N–H and O–H groups in total.